The minimum absolute atomic E-state index is 0.244. The summed E-state index contributed by atoms with van der Waals surface area (Å²) in [5, 5.41) is 0. The molecule has 0 rings (SSSR count). The van der Waals surface area contributed by atoms with Crippen LogP contribution in [0.4, 0.5) is 13.2 Å². The number of hydrogen-bond acceptors (Lipinski definition) is 3. The third-order valence-corrected chi connectivity index (χ3v) is 1.63. The largest absolute Gasteiger partial charge is 0.469 e. The Morgan fingerprint density at radius 3 is 2.20 bits per heavy atom. The Morgan fingerprint density at radius 1 is 1.33 bits per heavy atom. The number of methoxy groups -OCH3 is 1. The molecule has 0 atom stereocenters. The predicted molar refractivity (Wildman–Crippen MR) is 44.9 cm³/mol. The summed E-state index contributed by atoms with van der Waals surface area (Å²) >= 11 is 0. The normalized spacial score (nSPS) is 11.0. The molecular weight excluding hydrogens is 215 g/mol. The molecule has 0 fully saturated rings. The number of ether oxygens (including phenoxy) is 1. The Hall–Kier alpha value is -1.27. The molecule has 0 N–H and O–H groups in total. The minimum Gasteiger partial charge on any atom is -0.469 e. The van der Waals surface area contributed by atoms with Crippen molar-refractivity contribution in [2.75, 3.05) is 20.2 Å². The van der Waals surface area contributed by atoms with Gasteiger partial charge in [-0.2, -0.15) is 13.2 Å². The van der Waals surface area contributed by atoms with E-state index in [1.165, 1.54) is 0 Å². The molecule has 0 aromatic rings. The summed E-state index contributed by atoms with van der Waals surface area (Å²) in [6.07, 6.45) is -4.70. The van der Waals surface area contributed by atoms with Crippen LogP contribution in [0.3, 0.4) is 0 Å². The summed E-state index contributed by atoms with van der Waals surface area (Å²) in [4.78, 5) is 22.0. The lowest BCUT2D eigenvalue weighted by atomic mass is 10.3. The summed E-state index contributed by atoms with van der Waals surface area (Å²) in [5.74, 6) is -1.38. The highest BCUT2D eigenvalue weighted by molar-refractivity contribution is 5.75. The van der Waals surface area contributed by atoms with Gasteiger partial charge in [0.05, 0.1) is 13.5 Å². The van der Waals surface area contributed by atoms with Gasteiger partial charge in [-0.1, -0.05) is 0 Å². The molecule has 0 aliphatic carbocycles. The number of amides is 1. The fourth-order valence-electron chi connectivity index (χ4n) is 0.893. The summed E-state index contributed by atoms with van der Waals surface area (Å²) in [7, 11) is 1.13. The molecule has 0 unspecified atom stereocenters. The van der Waals surface area contributed by atoms with Crippen molar-refractivity contribution in [1.29, 1.82) is 0 Å². The number of carbonyl (C=O) groups excluding carboxylic acids is 2. The van der Waals surface area contributed by atoms with Crippen molar-refractivity contribution >= 4 is 11.9 Å². The number of rotatable bonds is 4. The zero-order valence-electron chi connectivity index (χ0n) is 8.43. The fraction of sp³-hybridized carbons (Fsp3) is 0.750. The van der Waals surface area contributed by atoms with Crippen molar-refractivity contribution < 1.29 is 27.5 Å². The van der Waals surface area contributed by atoms with Gasteiger partial charge < -0.3 is 9.64 Å². The Balaban J connectivity index is 4.18. The topological polar surface area (TPSA) is 46.6 Å². The van der Waals surface area contributed by atoms with Gasteiger partial charge in [-0.25, -0.2) is 0 Å². The van der Waals surface area contributed by atoms with Gasteiger partial charge in [-0.05, 0) is 0 Å². The number of nitrogens with zero attached hydrogens (tertiary/aromatic N) is 1. The highest BCUT2D eigenvalue weighted by Gasteiger charge is 2.31. The van der Waals surface area contributed by atoms with Gasteiger partial charge in [0.2, 0.25) is 5.91 Å². The molecule has 0 aromatic heterocycles. The first kappa shape index (κ1) is 13.7. The van der Waals surface area contributed by atoms with Crippen LogP contribution in [0.5, 0.6) is 0 Å². The second-order valence-corrected chi connectivity index (χ2v) is 2.88. The van der Waals surface area contributed by atoms with E-state index in [9.17, 15) is 22.8 Å². The van der Waals surface area contributed by atoms with E-state index in [1.54, 1.807) is 0 Å². The van der Waals surface area contributed by atoms with Crippen LogP contribution in [0.15, 0.2) is 0 Å². The van der Waals surface area contributed by atoms with Gasteiger partial charge in [0.1, 0.15) is 6.54 Å². The van der Waals surface area contributed by atoms with Crippen LogP contribution in [0.1, 0.15) is 13.3 Å². The molecule has 0 saturated carbocycles. The first-order valence-corrected chi connectivity index (χ1v) is 4.15. The van der Waals surface area contributed by atoms with Gasteiger partial charge in [-0.15, -0.1) is 0 Å². The molecule has 0 spiro atoms. The smallest absolute Gasteiger partial charge is 0.406 e. The van der Waals surface area contributed by atoms with Crippen LogP contribution in [0.25, 0.3) is 0 Å². The van der Waals surface area contributed by atoms with Gasteiger partial charge in [0, 0.05) is 13.5 Å². The third-order valence-electron chi connectivity index (χ3n) is 1.63. The maximum Gasteiger partial charge on any atom is 0.406 e. The molecule has 15 heavy (non-hydrogen) atoms. The Labute approximate surface area is 85.0 Å². The lowest BCUT2D eigenvalue weighted by Gasteiger charge is -2.21. The van der Waals surface area contributed by atoms with Gasteiger partial charge in [-0.3, -0.25) is 9.59 Å². The van der Waals surface area contributed by atoms with Crippen LogP contribution in [-0.2, 0) is 14.3 Å². The summed E-state index contributed by atoms with van der Waals surface area (Å²) < 4.78 is 40.1. The van der Waals surface area contributed by atoms with E-state index in [1.807, 2.05) is 0 Å². The zero-order chi connectivity index (χ0) is 12.1. The maximum absolute atomic E-state index is 12.0. The van der Waals surface area contributed by atoms with Crippen LogP contribution < -0.4 is 0 Å². The molecule has 0 saturated heterocycles. The molecule has 0 aliphatic heterocycles. The lowest BCUT2D eigenvalue weighted by molar-refractivity contribution is -0.161. The molecule has 0 aliphatic rings. The lowest BCUT2D eigenvalue weighted by Crippen LogP contribution is -2.38. The summed E-state index contributed by atoms with van der Waals surface area (Å²) in [6, 6.07) is 0. The van der Waals surface area contributed by atoms with Crippen LogP contribution in [0, 0.1) is 0 Å². The summed E-state index contributed by atoms with van der Waals surface area (Å²) in [5.41, 5.74) is 0. The highest BCUT2D eigenvalue weighted by Crippen LogP contribution is 2.16. The van der Waals surface area contributed by atoms with Crippen molar-refractivity contribution in [3.63, 3.8) is 0 Å². The maximum atomic E-state index is 12.0. The standard InChI is InChI=1S/C8H12F3NO3/c1-6(13)12(5-8(9,10)11)4-3-7(14)15-2/h3-5H2,1-2H3. The predicted octanol–water partition coefficient (Wildman–Crippen LogP) is 0.960. The van der Waals surface area contributed by atoms with Crippen molar-refractivity contribution in [2.45, 2.75) is 19.5 Å². The minimum atomic E-state index is -4.46. The molecule has 0 bridgehead atoms. The van der Waals surface area contributed by atoms with Crippen molar-refractivity contribution in [3.05, 3.63) is 0 Å². The molecule has 0 radical (unpaired) electrons. The first-order chi connectivity index (χ1) is 6.76. The number of alkyl halides is 3. The number of esters is 1. The Kier molecular flexibility index (Phi) is 5.10. The monoisotopic (exact) mass is 227 g/mol. The molecule has 88 valence electrons. The number of hydrogen-bond donors (Lipinski definition) is 0. The Morgan fingerprint density at radius 2 is 1.87 bits per heavy atom. The van der Waals surface area contributed by atoms with Crippen molar-refractivity contribution in [2.24, 2.45) is 0 Å². The highest BCUT2D eigenvalue weighted by atomic mass is 19.4. The molecule has 7 heteroatoms. The van der Waals surface area contributed by atoms with E-state index in [-0.39, 0.29) is 13.0 Å². The molecule has 4 nitrogen and oxygen atoms in total. The first-order valence-electron chi connectivity index (χ1n) is 4.15. The van der Waals surface area contributed by atoms with Gasteiger partial charge >= 0.3 is 12.1 Å². The second kappa shape index (κ2) is 5.57. The Bertz CT molecular complexity index is 240. The van der Waals surface area contributed by atoms with E-state index in [2.05, 4.69) is 4.74 Å². The second-order valence-electron chi connectivity index (χ2n) is 2.88. The van der Waals surface area contributed by atoms with E-state index < -0.39 is 24.6 Å². The van der Waals surface area contributed by atoms with Crippen LogP contribution in [-0.4, -0.2) is 43.2 Å². The van der Waals surface area contributed by atoms with Gasteiger partial charge in [0.25, 0.3) is 0 Å². The average Bonchev–Trinajstić information content (AvgIpc) is 2.09. The number of halogens is 3. The summed E-state index contributed by atoms with van der Waals surface area (Å²) in [6.45, 7) is -0.621. The van der Waals surface area contributed by atoms with Crippen LogP contribution >= 0.6 is 0 Å². The quantitative estimate of drug-likeness (QED) is 0.672. The van der Waals surface area contributed by atoms with Crippen LogP contribution in [0.2, 0.25) is 0 Å². The van der Waals surface area contributed by atoms with E-state index in [0.717, 1.165) is 14.0 Å². The van der Waals surface area contributed by atoms with Crippen molar-refractivity contribution in [1.82, 2.24) is 4.90 Å². The van der Waals surface area contributed by atoms with E-state index in [4.69, 9.17) is 0 Å². The third kappa shape index (κ3) is 6.75. The SMILES string of the molecule is COC(=O)CCN(CC(F)(F)F)C(C)=O. The molecule has 1 amide bonds. The zero-order valence-corrected chi connectivity index (χ0v) is 8.43. The van der Waals surface area contributed by atoms with Crippen molar-refractivity contribution in [3.8, 4) is 0 Å². The molecular formula is C8H12F3NO3. The molecule has 0 heterocycles. The van der Waals surface area contributed by atoms with Gasteiger partial charge in [0.15, 0.2) is 0 Å². The van der Waals surface area contributed by atoms with E-state index >= 15 is 0 Å². The average molecular weight is 227 g/mol. The van der Waals surface area contributed by atoms with E-state index in [0.29, 0.717) is 4.90 Å². The fourth-order valence-corrected chi connectivity index (χ4v) is 0.893. The molecule has 0 aromatic carbocycles. The number of carbonyl (C=O) groups is 2.